The predicted octanol–water partition coefficient (Wildman–Crippen LogP) is -2.94. The molecular weight excluding hydrogens is 742 g/mol. The first-order chi connectivity index (χ1) is 29.8. The summed E-state index contributed by atoms with van der Waals surface area (Å²) in [5, 5.41) is 2.13. The molecule has 10 rings (SSSR count). The van der Waals surface area contributed by atoms with Gasteiger partial charge in [0.1, 0.15) is 99.7 Å². The molecule has 258 valence electrons. The molecule has 0 fully saturated rings. The van der Waals surface area contributed by atoms with Gasteiger partial charge in [-0.25, -0.2) is 15.0 Å². The highest BCUT2D eigenvalue weighted by Crippen LogP contribution is 2.40. The largest absolute Gasteiger partial charge is 0.454 e. The van der Waals surface area contributed by atoms with Crippen molar-refractivity contribution in [3.05, 3.63) is 97.1 Å². The van der Waals surface area contributed by atoms with Crippen LogP contribution in [0.3, 0.4) is 0 Å². The van der Waals surface area contributed by atoms with Crippen molar-refractivity contribution in [1.82, 2.24) is 19.5 Å². The quantitative estimate of drug-likeness (QED) is 0.177. The molecule has 0 N–H and O–H groups in total. The molecule has 0 spiro atoms. The van der Waals surface area contributed by atoms with Gasteiger partial charge < -0.3 is 8.98 Å². The third-order valence-electron chi connectivity index (χ3n) is 11.6. The molecule has 5 nitrogen and oxygen atoms in total. The fourth-order valence-electron chi connectivity index (χ4n) is 8.45. The molecule has 0 saturated carbocycles. The van der Waals surface area contributed by atoms with E-state index in [-0.39, 0.29) is 76.7 Å². The van der Waals surface area contributed by atoms with Crippen molar-refractivity contribution in [2.45, 2.75) is 0 Å². The first kappa shape index (κ1) is 40.0. The van der Waals surface area contributed by atoms with Crippen LogP contribution in [0.4, 0.5) is 0 Å². The fourth-order valence-corrected chi connectivity index (χ4v) is 8.45. The average Bonchev–Trinajstić information content (AvgIpc) is 3.87. The van der Waals surface area contributed by atoms with Gasteiger partial charge >= 0.3 is 0 Å². The zero-order valence-corrected chi connectivity index (χ0v) is 32.9. The lowest BCUT2D eigenvalue weighted by Gasteiger charge is -2.26. The monoisotopic (exact) mass is 760 g/mol. The van der Waals surface area contributed by atoms with Crippen LogP contribution in [0, 0.1) is 0 Å². The first-order valence-electron chi connectivity index (χ1n) is 19.2. The van der Waals surface area contributed by atoms with Gasteiger partial charge in [0.25, 0.3) is 0 Å². The van der Waals surface area contributed by atoms with Crippen molar-refractivity contribution in [3.63, 3.8) is 0 Å². The van der Waals surface area contributed by atoms with Gasteiger partial charge in [-0.1, -0.05) is 123 Å². The topological polar surface area (TPSA) is 56.7 Å². The fraction of sp³-hybridized carbons (Fsp3) is 0. The number of para-hydroxylation sites is 1. The van der Waals surface area contributed by atoms with E-state index in [0.717, 1.165) is 16.5 Å². The molecule has 17 heteroatoms. The van der Waals surface area contributed by atoms with Gasteiger partial charge in [0.05, 0.1) is 5.69 Å². The lowest BCUT2D eigenvalue weighted by molar-refractivity contribution is 0.666. The summed E-state index contributed by atoms with van der Waals surface area (Å²) < 4.78 is 8.58. The van der Waals surface area contributed by atoms with Crippen LogP contribution in [0.2, 0.25) is 0 Å². The first-order valence-corrected chi connectivity index (χ1v) is 19.2. The van der Waals surface area contributed by atoms with E-state index in [1.807, 2.05) is 97.1 Å². The summed E-state index contributed by atoms with van der Waals surface area (Å²) in [7, 11) is 79.8. The zero-order chi connectivity index (χ0) is 43.5. The van der Waals surface area contributed by atoms with Crippen molar-refractivity contribution in [2.24, 2.45) is 0 Å². The molecule has 7 aromatic carbocycles. The molecule has 0 aliphatic heterocycles. The third-order valence-corrected chi connectivity index (χ3v) is 11.6. The molecule has 0 aliphatic rings. The van der Waals surface area contributed by atoms with Gasteiger partial charge in [0.15, 0.2) is 23.1 Å². The normalized spacial score (nSPS) is 11.7. The van der Waals surface area contributed by atoms with Gasteiger partial charge in [-0.2, -0.15) is 0 Å². The van der Waals surface area contributed by atoms with E-state index in [2.05, 4.69) is 0 Å². The Kier molecular flexibility index (Phi) is 9.55. The summed E-state index contributed by atoms with van der Waals surface area (Å²) >= 11 is 0. The maximum Gasteiger partial charge on any atom is 0.164 e. The van der Waals surface area contributed by atoms with Crippen molar-refractivity contribution < 1.29 is 4.42 Å². The molecule has 3 heterocycles. The standard InChI is InChI=1S/C45H16B12N4O/c46-28-25(24-29(47)34(52)37(55)35(53)30(24)48)33(51)40-26(31(28)49)27-32(50)36(54)38(56)39(57)41(27)61(40)21-15-7-13-19-23-20(14-8-16-22(23)62-42(19)21)45-59-43(17-9-3-1-4-10-17)58-44(60-45)18-11-5-2-6-12-18/h1-16H. The Labute approximate surface area is 373 Å². The second kappa shape index (κ2) is 14.8. The summed E-state index contributed by atoms with van der Waals surface area (Å²) in [5.41, 5.74) is 5.18. The van der Waals surface area contributed by atoms with E-state index in [1.54, 1.807) is 4.57 Å². The minimum Gasteiger partial charge on any atom is -0.454 e. The minimum absolute atomic E-state index is 0.00221. The van der Waals surface area contributed by atoms with Crippen LogP contribution in [0.15, 0.2) is 101 Å². The summed E-state index contributed by atoms with van der Waals surface area (Å²) in [6, 6.07) is 30.8. The maximum absolute atomic E-state index is 7.24. The summed E-state index contributed by atoms with van der Waals surface area (Å²) in [5.74, 6) is 1.44. The number of nitrogens with zero attached hydrogens (tertiary/aromatic N) is 4. The summed E-state index contributed by atoms with van der Waals surface area (Å²) in [6.07, 6.45) is 0. The number of aromatic nitrogens is 4. The molecule has 0 bridgehead atoms. The highest BCUT2D eigenvalue weighted by Gasteiger charge is 2.28. The Morgan fingerprint density at radius 1 is 0.371 bits per heavy atom. The molecule has 0 atom stereocenters. The number of benzene rings is 7. The van der Waals surface area contributed by atoms with E-state index in [0.29, 0.717) is 67.1 Å². The van der Waals surface area contributed by atoms with E-state index in [1.165, 1.54) is 0 Å². The molecule has 0 unspecified atom stereocenters. The summed E-state index contributed by atoms with van der Waals surface area (Å²) in [6.45, 7) is 0. The van der Waals surface area contributed by atoms with Crippen LogP contribution in [0.5, 0.6) is 0 Å². The van der Waals surface area contributed by atoms with E-state index in [9.17, 15) is 0 Å². The van der Waals surface area contributed by atoms with Crippen molar-refractivity contribution >= 4 is 203 Å². The van der Waals surface area contributed by atoms with Crippen molar-refractivity contribution in [2.75, 3.05) is 0 Å². The second-order valence-electron chi connectivity index (χ2n) is 15.0. The Balaban J connectivity index is 1.32. The molecular formula is C45H16B12N4O. The SMILES string of the molecule is [B]c1c([B])c([B])c(-c2c([B])c([B])c3c4c([B])c([B])c([B])c([B])c4n(-c4cccc5c4oc4cccc(-c6nc(-c7ccccc7)nc(-c7ccccc7)n6)c45)c3c2[B])c([B])c1[B]. The van der Waals surface area contributed by atoms with Crippen LogP contribution in [-0.4, -0.2) is 114 Å². The predicted molar refractivity (Wildman–Crippen MR) is 268 cm³/mol. The molecule has 10 aromatic rings. The third kappa shape index (κ3) is 5.76. The van der Waals surface area contributed by atoms with Gasteiger partial charge in [-0.15, -0.1) is 27.3 Å². The minimum atomic E-state index is -0.00782. The lowest BCUT2D eigenvalue weighted by atomic mass is 9.57. The smallest absolute Gasteiger partial charge is 0.164 e. The number of hydrogen-bond acceptors (Lipinski definition) is 4. The lowest BCUT2D eigenvalue weighted by Crippen LogP contribution is -2.56. The molecule has 62 heavy (non-hydrogen) atoms. The van der Waals surface area contributed by atoms with Crippen LogP contribution in [0.1, 0.15) is 0 Å². The van der Waals surface area contributed by atoms with E-state index >= 15 is 0 Å². The van der Waals surface area contributed by atoms with Gasteiger partial charge in [0.2, 0.25) is 0 Å². The van der Waals surface area contributed by atoms with Crippen LogP contribution >= 0.6 is 0 Å². The molecule has 3 aromatic heterocycles. The highest BCUT2D eigenvalue weighted by atomic mass is 16.3. The number of rotatable bonds is 5. The number of hydrogen-bond donors (Lipinski definition) is 0. The van der Waals surface area contributed by atoms with Gasteiger partial charge in [-0.05, 0) is 34.0 Å². The Hall–Kier alpha value is -6.07. The Bertz CT molecular complexity index is 3470. The van der Waals surface area contributed by atoms with Crippen LogP contribution in [0.25, 0.3) is 94.7 Å². The van der Waals surface area contributed by atoms with Crippen molar-refractivity contribution in [1.29, 1.82) is 0 Å². The molecule has 0 saturated heterocycles. The van der Waals surface area contributed by atoms with Gasteiger partial charge in [-0.3, -0.25) is 0 Å². The molecule has 0 amide bonds. The Morgan fingerprint density at radius 2 is 0.823 bits per heavy atom. The molecule has 24 radical (unpaired) electrons. The maximum atomic E-state index is 7.24. The Morgan fingerprint density at radius 3 is 1.42 bits per heavy atom. The second-order valence-corrected chi connectivity index (χ2v) is 15.0. The van der Waals surface area contributed by atoms with Gasteiger partial charge in [0, 0.05) is 38.5 Å². The van der Waals surface area contributed by atoms with Crippen LogP contribution < -0.4 is 65.6 Å². The number of fused-ring (bicyclic) bond motifs is 6. The van der Waals surface area contributed by atoms with E-state index < -0.39 is 0 Å². The van der Waals surface area contributed by atoms with Crippen molar-refractivity contribution in [3.8, 4) is 51.0 Å². The molecule has 0 aliphatic carbocycles. The summed E-state index contributed by atoms with van der Waals surface area (Å²) in [4.78, 5) is 14.9. The highest BCUT2D eigenvalue weighted by molar-refractivity contribution is 6.72. The number of furan rings is 1. The van der Waals surface area contributed by atoms with Crippen LogP contribution in [-0.2, 0) is 0 Å². The van der Waals surface area contributed by atoms with E-state index in [4.69, 9.17) is 114 Å². The average molecular weight is 758 g/mol. The zero-order valence-electron chi connectivity index (χ0n) is 32.9.